The third kappa shape index (κ3) is 3.05. The van der Waals surface area contributed by atoms with Gasteiger partial charge in [0.25, 0.3) is 0 Å². The fourth-order valence-electron chi connectivity index (χ4n) is 7.85. The van der Waals surface area contributed by atoms with Crippen LogP contribution in [0.3, 0.4) is 0 Å². The van der Waals surface area contributed by atoms with Gasteiger partial charge in [-0.15, -0.1) is 0 Å². The molecule has 0 aliphatic heterocycles. The van der Waals surface area contributed by atoms with E-state index < -0.39 is 0 Å². The lowest BCUT2D eigenvalue weighted by Gasteiger charge is -2.59. The monoisotopic (exact) mass is 446 g/mol. The first-order valence-corrected chi connectivity index (χ1v) is 12.4. The minimum Gasteiger partial charge on any atom is -0.393 e. The number of benzene rings is 1. The number of allylic oxidation sites excluding steroid dienone is 1. The third-order valence-electron chi connectivity index (χ3n) is 9.59. The zero-order chi connectivity index (χ0) is 21.3. The summed E-state index contributed by atoms with van der Waals surface area (Å²) in [6.45, 7) is 4.71. The molecule has 2 nitrogen and oxygen atoms in total. The maximum Gasteiger partial charge on any atom is 0.165 e. The number of hydrogen-bond acceptors (Lipinski definition) is 2. The van der Waals surface area contributed by atoms with Crippen LogP contribution in [0.25, 0.3) is 6.08 Å². The van der Waals surface area contributed by atoms with E-state index in [1.807, 2.05) is 18.2 Å². The highest BCUT2D eigenvalue weighted by molar-refractivity contribution is 6.43. The van der Waals surface area contributed by atoms with Gasteiger partial charge < -0.3 is 5.11 Å². The lowest BCUT2D eigenvalue weighted by Crippen LogP contribution is -2.54. The summed E-state index contributed by atoms with van der Waals surface area (Å²) < 4.78 is 0. The van der Waals surface area contributed by atoms with Crippen molar-refractivity contribution in [3.63, 3.8) is 0 Å². The third-order valence-corrected chi connectivity index (χ3v) is 10.4. The van der Waals surface area contributed by atoms with Crippen molar-refractivity contribution < 1.29 is 9.90 Å². The second-order valence-corrected chi connectivity index (χ2v) is 11.7. The summed E-state index contributed by atoms with van der Waals surface area (Å²) >= 11 is 12.6. The second kappa shape index (κ2) is 7.36. The molecule has 4 aliphatic carbocycles. The van der Waals surface area contributed by atoms with Crippen LogP contribution in [0.1, 0.15) is 70.8 Å². The molecule has 7 unspecified atom stereocenters. The highest BCUT2D eigenvalue weighted by Crippen LogP contribution is 2.66. The molecule has 0 radical (unpaired) electrons. The van der Waals surface area contributed by atoms with Crippen molar-refractivity contribution in [2.24, 2.45) is 34.5 Å². The first-order valence-electron chi connectivity index (χ1n) is 11.6. The maximum absolute atomic E-state index is 13.6. The van der Waals surface area contributed by atoms with Gasteiger partial charge in [-0.2, -0.15) is 0 Å². The van der Waals surface area contributed by atoms with E-state index in [1.54, 1.807) is 6.07 Å². The van der Waals surface area contributed by atoms with E-state index >= 15 is 0 Å². The van der Waals surface area contributed by atoms with Gasteiger partial charge >= 0.3 is 0 Å². The molecule has 0 bridgehead atoms. The van der Waals surface area contributed by atoms with Crippen LogP contribution in [0.2, 0.25) is 10.0 Å². The Bertz CT molecular complexity index is 908. The fraction of sp³-hybridized carbons (Fsp3) is 0.654. The molecule has 1 N–H and O–H groups in total. The Morgan fingerprint density at radius 1 is 1.07 bits per heavy atom. The molecule has 5 rings (SSSR count). The van der Waals surface area contributed by atoms with E-state index in [-0.39, 0.29) is 11.5 Å². The van der Waals surface area contributed by atoms with Gasteiger partial charge in [-0.25, -0.2) is 0 Å². The molecular formula is C26H32Cl2O2. The van der Waals surface area contributed by atoms with Crippen molar-refractivity contribution in [1.82, 2.24) is 0 Å². The Morgan fingerprint density at radius 2 is 1.87 bits per heavy atom. The van der Waals surface area contributed by atoms with Gasteiger partial charge in [0.2, 0.25) is 0 Å². The average Bonchev–Trinajstić information content (AvgIpc) is 2.97. The molecule has 30 heavy (non-hydrogen) atoms. The molecule has 1 aromatic carbocycles. The first-order chi connectivity index (χ1) is 14.2. The number of fused-ring (bicyclic) bond motifs is 5. The van der Waals surface area contributed by atoms with Crippen LogP contribution in [0.15, 0.2) is 23.8 Å². The Labute approximate surface area is 190 Å². The quantitative estimate of drug-likeness (QED) is 0.473. The van der Waals surface area contributed by atoms with Crippen molar-refractivity contribution in [2.45, 2.75) is 71.3 Å². The van der Waals surface area contributed by atoms with Gasteiger partial charge in [0.15, 0.2) is 5.78 Å². The molecule has 4 aliphatic rings. The number of hydrogen-bond donors (Lipinski definition) is 1. The number of rotatable bonds is 1. The molecule has 0 aromatic heterocycles. The maximum atomic E-state index is 13.6. The van der Waals surface area contributed by atoms with E-state index in [9.17, 15) is 9.90 Å². The van der Waals surface area contributed by atoms with Crippen molar-refractivity contribution in [3.05, 3.63) is 39.4 Å². The molecule has 1 aromatic rings. The van der Waals surface area contributed by atoms with Crippen molar-refractivity contribution in [1.29, 1.82) is 0 Å². The average molecular weight is 447 g/mol. The summed E-state index contributed by atoms with van der Waals surface area (Å²) in [6, 6.07) is 5.62. The molecule has 7 atom stereocenters. The van der Waals surface area contributed by atoms with Gasteiger partial charge in [-0.3, -0.25) is 4.79 Å². The van der Waals surface area contributed by atoms with E-state index in [1.165, 1.54) is 12.8 Å². The Hall–Kier alpha value is -0.830. The molecule has 0 saturated heterocycles. The molecular weight excluding hydrogens is 415 g/mol. The summed E-state index contributed by atoms with van der Waals surface area (Å²) in [5.74, 6) is 2.70. The summed E-state index contributed by atoms with van der Waals surface area (Å²) in [6.07, 6.45) is 10.3. The molecule has 4 heteroatoms. The minimum atomic E-state index is -0.241. The van der Waals surface area contributed by atoms with Crippen LogP contribution >= 0.6 is 23.2 Å². The number of Topliss-reactive ketones (excluding diaryl/α,β-unsaturated/α-hetero) is 1. The van der Waals surface area contributed by atoms with Crippen molar-refractivity contribution >= 4 is 35.1 Å². The number of carbonyl (C=O) groups is 1. The topological polar surface area (TPSA) is 37.3 Å². The van der Waals surface area contributed by atoms with E-state index in [0.29, 0.717) is 44.9 Å². The number of ketones is 1. The van der Waals surface area contributed by atoms with Gasteiger partial charge in [0.05, 0.1) is 16.1 Å². The normalized spacial score (nSPS) is 44.5. The van der Waals surface area contributed by atoms with Crippen LogP contribution in [0.4, 0.5) is 0 Å². The molecule has 0 heterocycles. The van der Waals surface area contributed by atoms with Gasteiger partial charge in [-0.1, -0.05) is 49.2 Å². The van der Waals surface area contributed by atoms with E-state index in [0.717, 1.165) is 49.7 Å². The number of carbonyl (C=O) groups excluding carboxylic acids is 1. The summed E-state index contributed by atoms with van der Waals surface area (Å²) in [5, 5.41) is 11.3. The fourth-order valence-corrected chi connectivity index (χ4v) is 8.22. The zero-order valence-corrected chi connectivity index (χ0v) is 19.5. The molecule has 0 amide bonds. The molecule has 4 saturated carbocycles. The van der Waals surface area contributed by atoms with Gasteiger partial charge in [0.1, 0.15) is 0 Å². The van der Waals surface area contributed by atoms with Crippen LogP contribution in [-0.2, 0) is 4.79 Å². The van der Waals surface area contributed by atoms with Crippen LogP contribution in [0, 0.1) is 34.5 Å². The smallest absolute Gasteiger partial charge is 0.165 e. The van der Waals surface area contributed by atoms with Crippen LogP contribution in [-0.4, -0.2) is 17.0 Å². The predicted molar refractivity (Wildman–Crippen MR) is 123 cm³/mol. The highest BCUT2D eigenvalue weighted by Gasteiger charge is 2.61. The summed E-state index contributed by atoms with van der Waals surface area (Å²) in [5.41, 5.74) is 1.87. The number of aliphatic hydroxyl groups is 1. The van der Waals surface area contributed by atoms with Crippen LogP contribution in [0.5, 0.6) is 0 Å². The van der Waals surface area contributed by atoms with E-state index in [2.05, 4.69) is 13.8 Å². The Kier molecular flexibility index (Phi) is 5.16. The lowest BCUT2D eigenvalue weighted by atomic mass is 9.45. The minimum absolute atomic E-state index is 0.112. The first kappa shape index (κ1) is 21.0. The standard InChI is InChI=1S/C26H32Cl2O2/c1-25-10-8-18(29)14-17(25)6-7-19-20(25)9-11-26(2)21(19)13-16(24(26)30)12-15-4-3-5-22(27)23(15)28/h3-5,12,17-21,29H,6-11,13-14H2,1-2H3/b16-12-. The second-order valence-electron chi connectivity index (χ2n) is 10.9. The van der Waals surface area contributed by atoms with Crippen LogP contribution < -0.4 is 0 Å². The number of aliphatic hydroxyl groups excluding tert-OH is 1. The Balaban J connectivity index is 1.46. The zero-order valence-electron chi connectivity index (χ0n) is 18.0. The molecule has 0 spiro atoms. The van der Waals surface area contributed by atoms with Crippen molar-refractivity contribution in [2.75, 3.05) is 0 Å². The Morgan fingerprint density at radius 3 is 2.67 bits per heavy atom. The number of halogens is 2. The predicted octanol–water partition coefficient (Wildman–Crippen LogP) is 6.96. The summed E-state index contributed by atoms with van der Waals surface area (Å²) in [7, 11) is 0. The highest BCUT2D eigenvalue weighted by atomic mass is 35.5. The van der Waals surface area contributed by atoms with E-state index in [4.69, 9.17) is 23.2 Å². The van der Waals surface area contributed by atoms with Crippen molar-refractivity contribution in [3.8, 4) is 0 Å². The lowest BCUT2D eigenvalue weighted by molar-refractivity contribution is -0.141. The summed E-state index contributed by atoms with van der Waals surface area (Å²) in [4.78, 5) is 13.6. The SMILES string of the molecule is CC12CCC3C(CCC4CC(O)CCC43C)C1C/C(=C/c1cccc(Cl)c1Cl)C2=O. The van der Waals surface area contributed by atoms with Gasteiger partial charge in [0, 0.05) is 5.41 Å². The molecule has 162 valence electrons. The van der Waals surface area contributed by atoms with Gasteiger partial charge in [-0.05, 0) is 104 Å². The largest absolute Gasteiger partial charge is 0.393 e. The molecule has 4 fully saturated rings.